The number of aromatic nitrogens is 2. The van der Waals surface area contributed by atoms with Crippen molar-refractivity contribution in [2.24, 2.45) is 0 Å². The number of para-hydroxylation sites is 2. The summed E-state index contributed by atoms with van der Waals surface area (Å²) >= 11 is 0. The maximum absolute atomic E-state index is 13.8. The SMILES string of the molecule is C[C@H]1C(=O)N2c3ccccc3[C@]34C[C@H]5C(=O)N(CN1[C@H]23)[C@@H](O4)c1nc2ccccc2c(=O)n15. The van der Waals surface area contributed by atoms with Crippen LogP contribution in [-0.4, -0.2) is 50.0 Å². The van der Waals surface area contributed by atoms with Crippen LogP contribution in [0.2, 0.25) is 0 Å². The third-order valence-corrected chi connectivity index (χ3v) is 8.04. The molecule has 0 saturated carbocycles. The topological polar surface area (TPSA) is 88.0 Å². The molecule has 0 N–H and O–H groups in total. The molecular formula is C24H19N5O4. The third kappa shape index (κ3) is 1.82. The van der Waals surface area contributed by atoms with Gasteiger partial charge in [-0.25, -0.2) is 4.98 Å². The van der Waals surface area contributed by atoms with Gasteiger partial charge in [-0.05, 0) is 25.1 Å². The molecule has 4 bridgehead atoms. The molecule has 1 aromatic heterocycles. The summed E-state index contributed by atoms with van der Waals surface area (Å²) in [4.78, 5) is 51.1. The predicted octanol–water partition coefficient (Wildman–Crippen LogP) is 1.44. The highest BCUT2D eigenvalue weighted by molar-refractivity contribution is 6.03. The number of hydrogen-bond donors (Lipinski definition) is 0. The van der Waals surface area contributed by atoms with Crippen molar-refractivity contribution < 1.29 is 14.3 Å². The van der Waals surface area contributed by atoms with E-state index in [1.807, 2.05) is 48.2 Å². The monoisotopic (exact) mass is 441 g/mol. The van der Waals surface area contributed by atoms with Crippen molar-refractivity contribution in [3.8, 4) is 0 Å². The van der Waals surface area contributed by atoms with E-state index in [-0.39, 0.29) is 42.7 Å². The second-order valence-corrected chi connectivity index (χ2v) is 9.48. The van der Waals surface area contributed by atoms with Gasteiger partial charge in [-0.2, -0.15) is 0 Å². The second-order valence-electron chi connectivity index (χ2n) is 9.48. The minimum Gasteiger partial charge on any atom is -0.336 e. The van der Waals surface area contributed by atoms with Gasteiger partial charge in [-0.15, -0.1) is 0 Å². The van der Waals surface area contributed by atoms with Gasteiger partial charge in [-0.3, -0.25) is 33.7 Å². The van der Waals surface area contributed by atoms with Gasteiger partial charge in [0.2, 0.25) is 11.8 Å². The fraction of sp³-hybridized carbons (Fsp3) is 0.333. The van der Waals surface area contributed by atoms with Gasteiger partial charge in [0, 0.05) is 12.0 Å². The molecule has 5 atom stereocenters. The van der Waals surface area contributed by atoms with Crippen molar-refractivity contribution in [1.82, 2.24) is 19.4 Å². The Morgan fingerprint density at radius 3 is 2.70 bits per heavy atom. The lowest BCUT2D eigenvalue weighted by Crippen LogP contribution is -2.57. The summed E-state index contributed by atoms with van der Waals surface area (Å²) < 4.78 is 8.43. The fourth-order valence-corrected chi connectivity index (χ4v) is 6.62. The molecule has 0 unspecified atom stereocenters. The van der Waals surface area contributed by atoms with E-state index in [0.717, 1.165) is 11.3 Å². The summed E-state index contributed by atoms with van der Waals surface area (Å²) in [6, 6.07) is 13.8. The average molecular weight is 441 g/mol. The van der Waals surface area contributed by atoms with Crippen LogP contribution in [0.1, 0.15) is 37.0 Å². The number of ether oxygens (including phenoxy) is 1. The van der Waals surface area contributed by atoms with Crippen LogP contribution in [0.15, 0.2) is 53.3 Å². The van der Waals surface area contributed by atoms with Crippen LogP contribution in [0.25, 0.3) is 10.9 Å². The molecule has 2 amide bonds. The number of carbonyl (C=O) groups is 2. The molecule has 3 fully saturated rings. The highest BCUT2D eigenvalue weighted by atomic mass is 16.5. The first kappa shape index (κ1) is 17.9. The van der Waals surface area contributed by atoms with Crippen LogP contribution in [0, 0.1) is 0 Å². The highest BCUT2D eigenvalue weighted by Crippen LogP contribution is 2.60. The number of anilines is 1. The van der Waals surface area contributed by atoms with Crippen molar-refractivity contribution in [3.05, 3.63) is 70.3 Å². The smallest absolute Gasteiger partial charge is 0.262 e. The molecular weight excluding hydrogens is 422 g/mol. The van der Waals surface area contributed by atoms with Crippen LogP contribution in [-0.2, 0) is 19.9 Å². The number of carbonyl (C=O) groups excluding carboxylic acids is 2. The van der Waals surface area contributed by atoms with Crippen molar-refractivity contribution in [2.45, 2.75) is 43.4 Å². The molecule has 9 nitrogen and oxygen atoms in total. The first-order chi connectivity index (χ1) is 16.0. The van der Waals surface area contributed by atoms with Crippen LogP contribution in [0.5, 0.6) is 0 Å². The predicted molar refractivity (Wildman–Crippen MR) is 116 cm³/mol. The van der Waals surface area contributed by atoms with Gasteiger partial charge in [-0.1, -0.05) is 30.3 Å². The molecule has 0 radical (unpaired) electrons. The lowest BCUT2D eigenvalue weighted by Gasteiger charge is -2.41. The molecule has 2 aromatic carbocycles. The Bertz CT molecular complexity index is 1500. The van der Waals surface area contributed by atoms with Crippen molar-refractivity contribution >= 4 is 28.4 Å². The van der Waals surface area contributed by atoms with E-state index in [1.165, 1.54) is 0 Å². The summed E-state index contributed by atoms with van der Waals surface area (Å²) in [5, 5.41) is 0.485. The molecule has 1 spiro atoms. The number of benzene rings is 2. The zero-order chi connectivity index (χ0) is 22.2. The molecule has 7 heterocycles. The average Bonchev–Trinajstić information content (AvgIpc) is 3.03. The number of amides is 2. The van der Waals surface area contributed by atoms with Gasteiger partial charge in [0.05, 0.1) is 29.3 Å². The van der Waals surface area contributed by atoms with Crippen molar-refractivity contribution in [1.29, 1.82) is 0 Å². The largest absolute Gasteiger partial charge is 0.336 e. The summed E-state index contributed by atoms with van der Waals surface area (Å²) in [6.45, 7) is 2.12. The molecule has 33 heavy (non-hydrogen) atoms. The van der Waals surface area contributed by atoms with Crippen LogP contribution < -0.4 is 10.5 Å². The summed E-state index contributed by atoms with van der Waals surface area (Å²) in [6.07, 6.45) is -0.921. The van der Waals surface area contributed by atoms with E-state index >= 15 is 0 Å². The summed E-state index contributed by atoms with van der Waals surface area (Å²) in [7, 11) is 0. The molecule has 3 saturated heterocycles. The van der Waals surface area contributed by atoms with Gasteiger partial charge < -0.3 is 4.74 Å². The van der Waals surface area contributed by atoms with E-state index in [0.29, 0.717) is 16.7 Å². The van der Waals surface area contributed by atoms with Crippen LogP contribution >= 0.6 is 0 Å². The minimum absolute atomic E-state index is 0.0000144. The van der Waals surface area contributed by atoms with E-state index in [4.69, 9.17) is 9.72 Å². The van der Waals surface area contributed by atoms with Gasteiger partial charge in [0.1, 0.15) is 17.8 Å². The third-order valence-electron chi connectivity index (χ3n) is 8.04. The Morgan fingerprint density at radius 1 is 1.03 bits per heavy atom. The fourth-order valence-electron chi connectivity index (χ4n) is 6.62. The Balaban J connectivity index is 1.46. The maximum Gasteiger partial charge on any atom is 0.262 e. The lowest BCUT2D eigenvalue weighted by molar-refractivity contribution is -0.162. The standard InChI is InChI=1S/C24H19N5O4/c1-12-19(30)29-16-9-5-3-7-14(16)24-10-17-21(32)27(11-26(12)23(24)29)22(33-24)18-25-15-8-4-2-6-13(15)20(31)28(17)18/h2-9,12,17,22-23H,10-11H2,1H3/t12-,17-,22-,23+,24+/m0/s1. The molecule has 6 aliphatic rings. The first-order valence-corrected chi connectivity index (χ1v) is 11.2. The van der Waals surface area contributed by atoms with Gasteiger partial charge in [0.15, 0.2) is 12.1 Å². The molecule has 6 aliphatic heterocycles. The van der Waals surface area contributed by atoms with E-state index in [2.05, 4.69) is 4.90 Å². The Labute approximate surface area is 187 Å². The summed E-state index contributed by atoms with van der Waals surface area (Å²) in [5.41, 5.74) is 1.12. The molecule has 9 rings (SSSR count). The van der Waals surface area contributed by atoms with Crippen molar-refractivity contribution in [2.75, 3.05) is 11.6 Å². The second kappa shape index (κ2) is 5.49. The van der Waals surface area contributed by atoms with E-state index < -0.39 is 17.9 Å². The molecule has 9 heteroatoms. The molecule has 3 aromatic rings. The quantitative estimate of drug-likeness (QED) is 0.525. The lowest BCUT2D eigenvalue weighted by atomic mass is 9.85. The minimum atomic E-state index is -0.945. The summed E-state index contributed by atoms with van der Waals surface area (Å²) in [5.74, 6) is 0.292. The first-order valence-electron chi connectivity index (χ1n) is 11.2. The maximum atomic E-state index is 13.8. The normalized spacial score (nSPS) is 33.4. The van der Waals surface area contributed by atoms with Crippen molar-refractivity contribution in [3.63, 3.8) is 0 Å². The van der Waals surface area contributed by atoms with E-state index in [9.17, 15) is 14.4 Å². The van der Waals surface area contributed by atoms with E-state index in [1.54, 1.807) is 21.6 Å². The Kier molecular flexibility index (Phi) is 2.98. The van der Waals surface area contributed by atoms with Gasteiger partial charge >= 0.3 is 0 Å². The number of nitrogens with zero attached hydrogens (tertiary/aromatic N) is 5. The number of hydrogen-bond acceptors (Lipinski definition) is 6. The van der Waals surface area contributed by atoms with Crippen LogP contribution in [0.3, 0.4) is 0 Å². The Hall–Kier alpha value is -3.56. The van der Waals surface area contributed by atoms with Gasteiger partial charge in [0.25, 0.3) is 5.56 Å². The van der Waals surface area contributed by atoms with Crippen LogP contribution in [0.4, 0.5) is 5.69 Å². The zero-order valence-corrected chi connectivity index (χ0v) is 17.7. The number of fused-ring (bicyclic) bond motifs is 3. The highest BCUT2D eigenvalue weighted by Gasteiger charge is 2.69. The number of rotatable bonds is 0. The molecule has 164 valence electrons. The zero-order valence-electron chi connectivity index (χ0n) is 17.7. The molecule has 0 aliphatic carbocycles. The Morgan fingerprint density at radius 2 is 1.82 bits per heavy atom.